The molecule has 0 aliphatic carbocycles. The van der Waals surface area contributed by atoms with Crippen LogP contribution >= 0.6 is 11.3 Å². The fourth-order valence-corrected chi connectivity index (χ4v) is 2.46. The molecule has 0 atom stereocenters. The van der Waals surface area contributed by atoms with Crippen LogP contribution in [0.5, 0.6) is 11.5 Å². The Bertz CT molecular complexity index is 882. The number of thiazole rings is 1. The molecule has 0 bridgehead atoms. The molecular weight excluding hydrogens is 318 g/mol. The van der Waals surface area contributed by atoms with Gasteiger partial charge >= 0.3 is 0 Å². The maximum Gasteiger partial charge on any atom is 0.292 e. The maximum absolute atomic E-state index is 11.9. The lowest BCUT2D eigenvalue weighted by Gasteiger charge is -2.08. The van der Waals surface area contributed by atoms with Gasteiger partial charge in [0, 0.05) is 17.1 Å². The number of H-pyrrole nitrogens is 2. The zero-order chi connectivity index (χ0) is 16.2. The Kier molecular flexibility index (Phi) is 4.20. The molecule has 0 aliphatic heterocycles. The minimum Gasteiger partial charge on any atom is -0.493 e. The molecule has 3 aromatic rings. The van der Waals surface area contributed by atoms with Crippen molar-refractivity contribution in [2.45, 2.75) is 0 Å². The zero-order valence-electron chi connectivity index (χ0n) is 12.4. The van der Waals surface area contributed by atoms with Gasteiger partial charge in [-0.05, 0) is 18.2 Å². The van der Waals surface area contributed by atoms with Crippen LogP contribution in [0.4, 0.5) is 10.8 Å². The van der Waals surface area contributed by atoms with Gasteiger partial charge in [-0.1, -0.05) is 0 Å². The van der Waals surface area contributed by atoms with E-state index in [1.54, 1.807) is 44.0 Å². The average molecular weight is 331 g/mol. The van der Waals surface area contributed by atoms with Gasteiger partial charge in [0.2, 0.25) is 5.13 Å². The summed E-state index contributed by atoms with van der Waals surface area (Å²) in [5, 5.41) is 15.5. The molecule has 2 aromatic heterocycles. The number of methoxy groups -OCH3 is 2. The van der Waals surface area contributed by atoms with E-state index in [0.29, 0.717) is 27.9 Å². The molecule has 0 radical (unpaired) electrons. The molecule has 0 unspecified atom stereocenters. The van der Waals surface area contributed by atoms with Gasteiger partial charge in [0.25, 0.3) is 5.56 Å². The summed E-state index contributed by atoms with van der Waals surface area (Å²) in [5.74, 6) is 1.15. The Morgan fingerprint density at radius 3 is 2.65 bits per heavy atom. The minimum absolute atomic E-state index is 0.174. The quantitative estimate of drug-likeness (QED) is 0.700. The third-order valence-electron chi connectivity index (χ3n) is 3.08. The molecule has 1 aromatic carbocycles. The topological polar surface area (TPSA) is 105 Å². The normalized spacial score (nSPS) is 11.0. The van der Waals surface area contributed by atoms with Gasteiger partial charge < -0.3 is 9.47 Å². The molecule has 0 fully saturated rings. The number of ether oxygens (including phenoxy) is 2. The third-order valence-corrected chi connectivity index (χ3v) is 3.74. The van der Waals surface area contributed by atoms with E-state index in [2.05, 4.69) is 25.4 Å². The van der Waals surface area contributed by atoms with E-state index in [0.717, 1.165) is 0 Å². The number of hydrogen-bond acceptors (Lipinski definition) is 7. The van der Waals surface area contributed by atoms with Crippen LogP contribution in [0.2, 0.25) is 0 Å². The number of rotatable bonds is 5. The van der Waals surface area contributed by atoms with Crippen molar-refractivity contribution < 1.29 is 9.47 Å². The van der Waals surface area contributed by atoms with Crippen LogP contribution in [-0.4, -0.2) is 29.4 Å². The number of nitrogens with zero attached hydrogens (tertiary/aromatic N) is 3. The van der Waals surface area contributed by atoms with Crippen LogP contribution < -0.4 is 15.0 Å². The summed E-state index contributed by atoms with van der Waals surface area (Å²) < 4.78 is 10.5. The highest BCUT2D eigenvalue weighted by Gasteiger charge is 2.14. The number of aromatic amines is 2. The van der Waals surface area contributed by atoms with E-state index >= 15 is 0 Å². The molecular formula is C14H13N5O3S. The fourth-order valence-electron chi connectivity index (χ4n) is 2.01. The number of aromatic nitrogens is 3. The van der Waals surface area contributed by atoms with Gasteiger partial charge in [-0.2, -0.15) is 0 Å². The Balaban J connectivity index is 2.03. The van der Waals surface area contributed by atoms with E-state index in [1.165, 1.54) is 11.3 Å². The highest BCUT2D eigenvalue weighted by Crippen LogP contribution is 2.34. The molecule has 3 rings (SSSR count). The Labute approximate surface area is 134 Å². The second kappa shape index (κ2) is 6.44. The summed E-state index contributed by atoms with van der Waals surface area (Å²) in [4.78, 5) is 15.9. The number of azo groups is 1. The van der Waals surface area contributed by atoms with Crippen LogP contribution in [0.3, 0.4) is 0 Å². The van der Waals surface area contributed by atoms with E-state index in [9.17, 15) is 4.79 Å². The molecule has 0 saturated carbocycles. The number of benzene rings is 1. The molecule has 0 spiro atoms. The lowest BCUT2D eigenvalue weighted by Crippen LogP contribution is -1.96. The zero-order valence-corrected chi connectivity index (χ0v) is 13.2. The number of hydrogen-bond donors (Lipinski definition) is 2. The van der Waals surface area contributed by atoms with Gasteiger partial charge in [0.05, 0.1) is 19.9 Å². The van der Waals surface area contributed by atoms with Gasteiger partial charge in [0.15, 0.2) is 17.2 Å². The summed E-state index contributed by atoms with van der Waals surface area (Å²) in [6.45, 7) is 0. The Morgan fingerprint density at radius 1 is 1.13 bits per heavy atom. The van der Waals surface area contributed by atoms with Crippen LogP contribution in [0.15, 0.2) is 44.8 Å². The first-order valence-electron chi connectivity index (χ1n) is 6.57. The lowest BCUT2D eigenvalue weighted by molar-refractivity contribution is 0.355. The maximum atomic E-state index is 11.9. The van der Waals surface area contributed by atoms with Crippen molar-refractivity contribution in [3.05, 3.63) is 40.1 Å². The Morgan fingerprint density at radius 2 is 1.96 bits per heavy atom. The molecule has 0 saturated heterocycles. The molecule has 0 amide bonds. The lowest BCUT2D eigenvalue weighted by atomic mass is 10.1. The third kappa shape index (κ3) is 2.99. The molecule has 118 valence electrons. The summed E-state index contributed by atoms with van der Waals surface area (Å²) >= 11 is 1.33. The molecule has 23 heavy (non-hydrogen) atoms. The first kappa shape index (κ1) is 15.0. The summed E-state index contributed by atoms with van der Waals surface area (Å²) in [5.41, 5.74) is 1.04. The van der Waals surface area contributed by atoms with Crippen molar-refractivity contribution >= 4 is 22.2 Å². The van der Waals surface area contributed by atoms with E-state index < -0.39 is 0 Å². The van der Waals surface area contributed by atoms with Gasteiger partial charge in [0.1, 0.15) is 0 Å². The summed E-state index contributed by atoms with van der Waals surface area (Å²) in [7, 11) is 3.11. The smallest absolute Gasteiger partial charge is 0.292 e. The van der Waals surface area contributed by atoms with Crippen molar-refractivity contribution in [2.75, 3.05) is 14.2 Å². The second-order valence-corrected chi connectivity index (χ2v) is 5.26. The van der Waals surface area contributed by atoms with E-state index in [1.807, 2.05) is 0 Å². The SMILES string of the molecule is COc1ccc(-c2[nH][nH]c(=O)c2N=Nc2nccs2)cc1OC. The predicted molar refractivity (Wildman–Crippen MR) is 86.2 cm³/mol. The highest BCUT2D eigenvalue weighted by molar-refractivity contribution is 7.13. The first-order valence-corrected chi connectivity index (χ1v) is 7.45. The average Bonchev–Trinajstić information content (AvgIpc) is 3.22. The van der Waals surface area contributed by atoms with Crippen molar-refractivity contribution in [1.82, 2.24) is 15.2 Å². The highest BCUT2D eigenvalue weighted by atomic mass is 32.1. The molecule has 9 heteroatoms. The first-order chi connectivity index (χ1) is 11.2. The van der Waals surface area contributed by atoms with E-state index in [4.69, 9.17) is 9.47 Å². The molecule has 0 aliphatic rings. The molecule has 8 nitrogen and oxygen atoms in total. The Hall–Kier alpha value is -2.94. The van der Waals surface area contributed by atoms with E-state index in [-0.39, 0.29) is 11.2 Å². The van der Waals surface area contributed by atoms with Gasteiger partial charge in [-0.25, -0.2) is 4.98 Å². The largest absolute Gasteiger partial charge is 0.493 e. The predicted octanol–water partition coefficient (Wildman–Crippen LogP) is 3.26. The summed E-state index contributed by atoms with van der Waals surface area (Å²) in [6, 6.07) is 5.30. The molecule has 2 heterocycles. The van der Waals surface area contributed by atoms with Crippen LogP contribution in [-0.2, 0) is 0 Å². The monoisotopic (exact) mass is 331 g/mol. The van der Waals surface area contributed by atoms with Crippen molar-refractivity contribution in [2.24, 2.45) is 10.2 Å². The standard InChI is InChI=1S/C14H13N5O3S/c1-21-9-4-3-8(7-10(9)22-2)11-12(13(20)18-16-11)17-19-14-15-5-6-23-14/h3-7H,1-2H3,(H2,16,18,20). The van der Waals surface area contributed by atoms with Crippen LogP contribution in [0.1, 0.15) is 0 Å². The second-order valence-electron chi connectivity index (χ2n) is 4.39. The number of nitrogens with one attached hydrogen (secondary N) is 2. The minimum atomic E-state index is -0.366. The van der Waals surface area contributed by atoms with Gasteiger partial charge in [-0.15, -0.1) is 21.6 Å². The molecule has 2 N–H and O–H groups in total. The van der Waals surface area contributed by atoms with Crippen molar-refractivity contribution in [3.63, 3.8) is 0 Å². The van der Waals surface area contributed by atoms with Crippen LogP contribution in [0, 0.1) is 0 Å². The van der Waals surface area contributed by atoms with Crippen LogP contribution in [0.25, 0.3) is 11.3 Å². The summed E-state index contributed by atoms with van der Waals surface area (Å²) in [6.07, 6.45) is 1.62. The fraction of sp³-hybridized carbons (Fsp3) is 0.143. The van der Waals surface area contributed by atoms with Gasteiger partial charge in [-0.3, -0.25) is 15.0 Å². The van der Waals surface area contributed by atoms with Crippen molar-refractivity contribution in [1.29, 1.82) is 0 Å². The van der Waals surface area contributed by atoms with Crippen molar-refractivity contribution in [3.8, 4) is 22.8 Å².